The predicted molar refractivity (Wildman–Crippen MR) is 126 cm³/mol. The van der Waals surface area contributed by atoms with Gasteiger partial charge in [-0.3, -0.25) is 0 Å². The van der Waals surface area contributed by atoms with E-state index < -0.39 is 17.2 Å². The first kappa shape index (κ1) is 22.9. The zero-order valence-electron chi connectivity index (χ0n) is 19.2. The van der Waals surface area contributed by atoms with Gasteiger partial charge < -0.3 is 15.7 Å². The minimum Gasteiger partial charge on any atom is -0.388 e. The maximum absolute atomic E-state index is 14.0. The smallest absolute Gasteiger partial charge is 0.128 e. The summed E-state index contributed by atoms with van der Waals surface area (Å²) in [5, 5.41) is 27.7. The number of rotatable bonds is 5. The SMILES string of the molecule is Cc1cc(C2CC(C3(O)CCCNC3)CCN2)ccc1N(c1cc(F)cc(F)c1)n1ccnn1. The first-order chi connectivity index (χ1) is 16.4. The van der Waals surface area contributed by atoms with Crippen LogP contribution in [0.15, 0.2) is 48.8 Å². The van der Waals surface area contributed by atoms with Crippen LogP contribution < -0.4 is 15.6 Å². The van der Waals surface area contributed by atoms with Crippen molar-refractivity contribution in [2.75, 3.05) is 24.6 Å². The summed E-state index contributed by atoms with van der Waals surface area (Å²) in [4.78, 5) is 1.46. The summed E-state index contributed by atoms with van der Waals surface area (Å²) in [6, 6.07) is 9.58. The van der Waals surface area contributed by atoms with Gasteiger partial charge in [-0.05, 0) is 86.2 Å². The largest absolute Gasteiger partial charge is 0.388 e. The molecule has 180 valence electrons. The molecule has 34 heavy (non-hydrogen) atoms. The zero-order valence-corrected chi connectivity index (χ0v) is 19.2. The van der Waals surface area contributed by atoms with Gasteiger partial charge in [-0.25, -0.2) is 13.8 Å². The highest BCUT2D eigenvalue weighted by Crippen LogP contribution is 2.39. The lowest BCUT2D eigenvalue weighted by molar-refractivity contribution is -0.0531. The fraction of sp³-hybridized carbons (Fsp3) is 0.440. The van der Waals surface area contributed by atoms with E-state index in [9.17, 15) is 13.9 Å². The molecule has 0 saturated carbocycles. The molecule has 1 aromatic heterocycles. The Bertz CT molecular complexity index is 1110. The lowest BCUT2D eigenvalue weighted by Crippen LogP contribution is -2.53. The van der Waals surface area contributed by atoms with Crippen molar-refractivity contribution in [2.45, 2.75) is 44.2 Å². The van der Waals surface area contributed by atoms with Gasteiger partial charge in [0.15, 0.2) is 0 Å². The van der Waals surface area contributed by atoms with E-state index in [1.165, 1.54) is 23.1 Å². The molecule has 2 aliphatic rings. The highest BCUT2D eigenvalue weighted by atomic mass is 19.1. The third kappa shape index (κ3) is 4.55. The number of piperidine rings is 2. The zero-order chi connectivity index (χ0) is 23.7. The van der Waals surface area contributed by atoms with Crippen LogP contribution in [0.4, 0.5) is 20.2 Å². The number of anilines is 2. The third-order valence-corrected chi connectivity index (χ3v) is 7.12. The highest BCUT2D eigenvalue weighted by molar-refractivity contribution is 5.66. The van der Waals surface area contributed by atoms with Gasteiger partial charge in [0.25, 0.3) is 0 Å². The predicted octanol–water partition coefficient (Wildman–Crippen LogP) is 3.62. The third-order valence-electron chi connectivity index (χ3n) is 7.12. The molecule has 3 aromatic rings. The summed E-state index contributed by atoms with van der Waals surface area (Å²) in [6.45, 7) is 4.44. The molecule has 0 radical (unpaired) electrons. The van der Waals surface area contributed by atoms with E-state index in [0.717, 1.165) is 61.7 Å². The van der Waals surface area contributed by atoms with E-state index in [-0.39, 0.29) is 12.0 Å². The Balaban J connectivity index is 1.44. The summed E-state index contributed by atoms with van der Waals surface area (Å²) in [5.41, 5.74) is 2.45. The highest BCUT2D eigenvalue weighted by Gasteiger charge is 2.40. The standard InChI is InChI=1S/C25H30F2N6O/c1-17-11-18(23-12-19(5-8-29-23)25(34)6-2-7-28-16-25)3-4-24(17)33(32-10-9-30-31-32)22-14-20(26)13-21(27)15-22/h3-4,9-11,13-15,19,23,28-29,34H,2,5-8,12,16H2,1H3. The molecule has 3 heterocycles. The van der Waals surface area contributed by atoms with Crippen LogP contribution in [0.5, 0.6) is 0 Å². The Labute approximate surface area is 197 Å². The first-order valence-electron chi connectivity index (χ1n) is 11.8. The van der Waals surface area contributed by atoms with Crippen molar-refractivity contribution in [1.29, 1.82) is 0 Å². The molecule has 2 aromatic carbocycles. The average molecular weight is 469 g/mol. The fourth-order valence-electron chi connectivity index (χ4n) is 5.39. The van der Waals surface area contributed by atoms with Gasteiger partial charge in [0, 0.05) is 18.7 Å². The summed E-state index contributed by atoms with van der Waals surface area (Å²) >= 11 is 0. The monoisotopic (exact) mass is 468 g/mol. The Morgan fingerprint density at radius 3 is 2.65 bits per heavy atom. The van der Waals surface area contributed by atoms with Gasteiger partial charge in [0.1, 0.15) is 11.6 Å². The maximum atomic E-state index is 14.0. The number of hydrogen-bond donors (Lipinski definition) is 3. The van der Waals surface area contributed by atoms with Crippen LogP contribution in [0.3, 0.4) is 0 Å². The summed E-state index contributed by atoms with van der Waals surface area (Å²) in [6.07, 6.45) is 6.80. The van der Waals surface area contributed by atoms with Gasteiger partial charge in [-0.15, -0.1) is 5.10 Å². The second-order valence-electron chi connectivity index (χ2n) is 9.42. The van der Waals surface area contributed by atoms with Crippen molar-refractivity contribution < 1.29 is 13.9 Å². The van der Waals surface area contributed by atoms with Crippen molar-refractivity contribution in [2.24, 2.45) is 5.92 Å². The van der Waals surface area contributed by atoms with Crippen LogP contribution in [0.25, 0.3) is 0 Å². The number of nitrogens with zero attached hydrogens (tertiary/aromatic N) is 4. The molecule has 2 aliphatic heterocycles. The van der Waals surface area contributed by atoms with E-state index >= 15 is 0 Å². The fourth-order valence-corrected chi connectivity index (χ4v) is 5.39. The maximum Gasteiger partial charge on any atom is 0.128 e. The molecule has 0 aliphatic carbocycles. The van der Waals surface area contributed by atoms with E-state index in [1.807, 2.05) is 19.1 Å². The lowest BCUT2D eigenvalue weighted by Gasteiger charge is -2.43. The van der Waals surface area contributed by atoms with Crippen LogP contribution in [-0.2, 0) is 0 Å². The van der Waals surface area contributed by atoms with Gasteiger partial charge >= 0.3 is 0 Å². The van der Waals surface area contributed by atoms with Crippen LogP contribution in [0.1, 0.15) is 42.9 Å². The molecule has 2 fully saturated rings. The minimum atomic E-state index is -0.665. The molecule has 0 spiro atoms. The molecular formula is C25H30F2N6O. The van der Waals surface area contributed by atoms with Crippen molar-refractivity contribution in [3.05, 3.63) is 71.6 Å². The molecule has 9 heteroatoms. The first-order valence-corrected chi connectivity index (χ1v) is 11.8. The topological polar surface area (TPSA) is 78.2 Å². The molecule has 3 N–H and O–H groups in total. The molecule has 3 atom stereocenters. The van der Waals surface area contributed by atoms with Crippen molar-refractivity contribution in [1.82, 2.24) is 25.7 Å². The Morgan fingerprint density at radius 2 is 1.97 bits per heavy atom. The average Bonchev–Trinajstić information content (AvgIpc) is 3.35. The molecule has 5 rings (SSSR count). The number of aromatic nitrogens is 3. The van der Waals surface area contributed by atoms with Crippen molar-refractivity contribution in [3.8, 4) is 0 Å². The van der Waals surface area contributed by atoms with Gasteiger partial charge in [-0.2, -0.15) is 4.79 Å². The van der Waals surface area contributed by atoms with Crippen LogP contribution in [0.2, 0.25) is 0 Å². The second kappa shape index (κ2) is 9.40. The number of hydrogen-bond acceptors (Lipinski definition) is 6. The number of β-amino-alcohol motifs (C(OH)–C–C–N with tert-alkyl or cyclic N) is 1. The quantitative estimate of drug-likeness (QED) is 0.531. The van der Waals surface area contributed by atoms with Crippen molar-refractivity contribution >= 4 is 11.4 Å². The van der Waals surface area contributed by atoms with E-state index in [0.29, 0.717) is 12.2 Å². The van der Waals surface area contributed by atoms with Gasteiger partial charge in [-0.1, -0.05) is 12.1 Å². The van der Waals surface area contributed by atoms with Crippen LogP contribution in [-0.4, -0.2) is 45.4 Å². The summed E-state index contributed by atoms with van der Waals surface area (Å²) < 4.78 is 28.1. The molecular weight excluding hydrogens is 438 g/mol. The summed E-state index contributed by atoms with van der Waals surface area (Å²) in [7, 11) is 0. The van der Waals surface area contributed by atoms with Gasteiger partial charge in [0.2, 0.25) is 0 Å². The number of halogens is 2. The van der Waals surface area contributed by atoms with Crippen LogP contribution >= 0.6 is 0 Å². The van der Waals surface area contributed by atoms with E-state index in [1.54, 1.807) is 11.2 Å². The number of nitrogens with one attached hydrogen (secondary N) is 2. The molecule has 0 bridgehead atoms. The van der Waals surface area contributed by atoms with Gasteiger partial charge in [0.05, 0.1) is 29.4 Å². The second-order valence-corrected chi connectivity index (χ2v) is 9.42. The van der Waals surface area contributed by atoms with Crippen molar-refractivity contribution in [3.63, 3.8) is 0 Å². The summed E-state index contributed by atoms with van der Waals surface area (Å²) in [5.74, 6) is -1.10. The molecule has 0 amide bonds. The number of aliphatic hydroxyl groups is 1. The molecule has 3 unspecified atom stereocenters. The number of benzene rings is 2. The van der Waals surface area contributed by atoms with E-state index in [2.05, 4.69) is 27.0 Å². The minimum absolute atomic E-state index is 0.129. The number of aryl methyl sites for hydroxylation is 1. The lowest BCUT2D eigenvalue weighted by atomic mass is 9.74. The van der Waals surface area contributed by atoms with Crippen LogP contribution in [0, 0.1) is 24.5 Å². The Morgan fingerprint density at radius 1 is 1.15 bits per heavy atom. The molecule has 7 nitrogen and oxygen atoms in total. The molecule has 2 saturated heterocycles. The Kier molecular flexibility index (Phi) is 6.33. The van der Waals surface area contributed by atoms with E-state index in [4.69, 9.17) is 0 Å². The normalized spacial score (nSPS) is 25.3. The Hall–Kier alpha value is -2.88.